The van der Waals surface area contributed by atoms with E-state index in [2.05, 4.69) is 4.74 Å². The lowest BCUT2D eigenvalue weighted by molar-refractivity contribution is -0.407. The van der Waals surface area contributed by atoms with E-state index in [1.165, 1.54) is 0 Å². The Kier molecular flexibility index (Phi) is 11.7. The van der Waals surface area contributed by atoms with Gasteiger partial charge in [-0.3, -0.25) is 9.59 Å². The largest absolute Gasteiger partial charge is 0.458 e. The molecule has 0 radical (unpaired) electrons. The van der Waals surface area contributed by atoms with Gasteiger partial charge in [0.1, 0.15) is 0 Å². The molecule has 4 bridgehead atoms. The van der Waals surface area contributed by atoms with Gasteiger partial charge in [0.05, 0.1) is 11.8 Å². The monoisotopic (exact) mass is 792 g/mol. The van der Waals surface area contributed by atoms with Crippen molar-refractivity contribution >= 4 is 11.9 Å². The summed E-state index contributed by atoms with van der Waals surface area (Å²) in [7, 11) is 0. The summed E-state index contributed by atoms with van der Waals surface area (Å²) in [6.45, 7) is 8.81. The third-order valence-corrected chi connectivity index (χ3v) is 13.8. The van der Waals surface area contributed by atoms with Gasteiger partial charge >= 0.3 is 36.6 Å². The molecule has 0 amide bonds. The zero-order valence-corrected chi connectivity index (χ0v) is 30.1. The average Bonchev–Trinajstić information content (AvgIpc) is 3.84. The van der Waals surface area contributed by atoms with Gasteiger partial charge in [0.25, 0.3) is 11.2 Å². The van der Waals surface area contributed by atoms with Gasteiger partial charge < -0.3 is 19.7 Å². The lowest BCUT2D eigenvalue weighted by atomic mass is 9.75. The second-order valence-electron chi connectivity index (χ2n) is 16.7. The van der Waals surface area contributed by atoms with E-state index in [0.717, 1.165) is 6.42 Å². The Hall–Kier alpha value is -1.98. The van der Waals surface area contributed by atoms with Crippen molar-refractivity contribution in [3.63, 3.8) is 0 Å². The van der Waals surface area contributed by atoms with Crippen molar-refractivity contribution in [2.45, 2.75) is 141 Å². The molecule has 5 fully saturated rings. The van der Waals surface area contributed by atoms with Crippen LogP contribution in [0.2, 0.25) is 0 Å². The molecule has 5 rings (SSSR count). The molecule has 0 saturated heterocycles. The fourth-order valence-electron chi connectivity index (χ4n) is 10.1. The molecule has 5 saturated carbocycles. The minimum atomic E-state index is -6.05. The number of hydrogen-bond acceptors (Lipinski definition) is 6. The lowest BCUT2D eigenvalue weighted by Crippen LogP contribution is -2.70. The van der Waals surface area contributed by atoms with Gasteiger partial charge in [-0.1, -0.05) is 40.5 Å². The molecule has 2 N–H and O–H groups in total. The maximum absolute atomic E-state index is 13.4. The molecule has 308 valence electrons. The summed E-state index contributed by atoms with van der Waals surface area (Å²) >= 11 is 0. The minimum Gasteiger partial charge on any atom is -0.458 e. The summed E-state index contributed by atoms with van der Waals surface area (Å²) in [4.78, 5) is 25.0. The molecule has 0 spiro atoms. The van der Waals surface area contributed by atoms with Gasteiger partial charge in [-0.15, -0.1) is 0 Å². The summed E-state index contributed by atoms with van der Waals surface area (Å²) in [6.07, 6.45) is -23.5. The summed E-state index contributed by atoms with van der Waals surface area (Å²) in [5.41, 5.74) is -13.4. The van der Waals surface area contributed by atoms with Crippen LogP contribution in [0, 0.1) is 65.1 Å². The fourth-order valence-corrected chi connectivity index (χ4v) is 10.1. The van der Waals surface area contributed by atoms with Gasteiger partial charge in [-0.25, -0.2) is 0 Å². The SMILES string of the molecule is CC1C2CC(C(=O)OC(C)(C)C(O)(C(F)(F)F)C(F)(F)F)C(C2)C1C.CC1C2CC(C(=O)OC(C3CCCC3)C(O)(C(F)(F)F)C(F)(F)F)C(C2)C1C. The molecule has 0 aliphatic heterocycles. The number of rotatable bonds is 7. The van der Waals surface area contributed by atoms with Crippen LogP contribution in [-0.4, -0.2) is 69.8 Å². The van der Waals surface area contributed by atoms with E-state index in [-0.39, 0.29) is 48.3 Å². The summed E-state index contributed by atoms with van der Waals surface area (Å²) in [5, 5.41) is 19.4. The summed E-state index contributed by atoms with van der Waals surface area (Å²) in [5.74, 6) is -3.51. The number of esters is 2. The standard InChI is InChI=1S/C19H26F6O3.C16H22F6O3/c1-9-10(2)13-7-12(9)8-14(13)16(26)28-15(11-5-3-4-6-11)17(27,18(20,21)22)19(23,24)25;1-7-8(2)10-5-9(7)6-11(10)12(23)25-13(3,4)14(24,15(17,18)19)16(20,21)22/h9-15,27H,3-8H2,1-2H3;7-11,24H,5-6H2,1-4H3. The summed E-state index contributed by atoms with van der Waals surface area (Å²) < 4.78 is 168. The van der Waals surface area contributed by atoms with Crippen molar-refractivity contribution in [1.29, 1.82) is 0 Å². The molecule has 0 aromatic heterocycles. The van der Waals surface area contributed by atoms with E-state index in [4.69, 9.17) is 4.74 Å². The van der Waals surface area contributed by atoms with Crippen LogP contribution in [-0.2, 0) is 19.1 Å². The predicted molar refractivity (Wildman–Crippen MR) is 162 cm³/mol. The molecule has 0 aromatic rings. The highest BCUT2D eigenvalue weighted by atomic mass is 19.4. The first-order chi connectivity index (χ1) is 23.8. The van der Waals surface area contributed by atoms with Crippen LogP contribution in [0.3, 0.4) is 0 Å². The van der Waals surface area contributed by atoms with Crippen molar-refractivity contribution in [3.05, 3.63) is 0 Å². The second kappa shape index (κ2) is 14.2. The Morgan fingerprint density at radius 1 is 0.585 bits per heavy atom. The Bertz CT molecular complexity index is 1300. The minimum absolute atomic E-state index is 0.0522. The van der Waals surface area contributed by atoms with Gasteiger partial charge in [0, 0.05) is 0 Å². The fraction of sp³-hybridized carbons (Fsp3) is 0.943. The molecule has 0 aromatic carbocycles. The van der Waals surface area contributed by atoms with E-state index in [0.29, 0.717) is 57.8 Å². The number of alkyl halides is 12. The first-order valence-corrected chi connectivity index (χ1v) is 18.0. The highest BCUT2D eigenvalue weighted by Crippen LogP contribution is 2.58. The molecule has 0 heterocycles. The topological polar surface area (TPSA) is 93.1 Å². The van der Waals surface area contributed by atoms with Crippen LogP contribution in [0.4, 0.5) is 52.7 Å². The quantitative estimate of drug-likeness (QED) is 0.198. The van der Waals surface area contributed by atoms with E-state index >= 15 is 0 Å². The Labute approximate surface area is 299 Å². The smallest absolute Gasteiger partial charge is 0.430 e. The number of aliphatic hydroxyl groups is 2. The zero-order valence-electron chi connectivity index (χ0n) is 30.1. The lowest BCUT2D eigenvalue weighted by Gasteiger charge is -2.44. The molecular weight excluding hydrogens is 744 g/mol. The van der Waals surface area contributed by atoms with Crippen molar-refractivity contribution in [2.75, 3.05) is 0 Å². The Morgan fingerprint density at radius 2 is 0.962 bits per heavy atom. The zero-order chi connectivity index (χ0) is 40.7. The van der Waals surface area contributed by atoms with E-state index in [9.17, 15) is 72.5 Å². The van der Waals surface area contributed by atoms with Crippen LogP contribution in [0.1, 0.15) is 92.9 Å². The molecular formula is C35H48F12O6. The van der Waals surface area contributed by atoms with Crippen LogP contribution >= 0.6 is 0 Å². The maximum atomic E-state index is 13.4. The molecule has 6 nitrogen and oxygen atoms in total. The number of fused-ring (bicyclic) bond motifs is 4. The predicted octanol–water partition coefficient (Wildman–Crippen LogP) is 8.96. The third kappa shape index (κ3) is 7.38. The first kappa shape index (κ1) is 43.7. The van der Waals surface area contributed by atoms with Crippen molar-refractivity contribution in [1.82, 2.24) is 0 Å². The van der Waals surface area contributed by atoms with Crippen molar-refractivity contribution in [2.24, 2.45) is 65.1 Å². The molecule has 11 atom stereocenters. The van der Waals surface area contributed by atoms with E-state index in [1.54, 1.807) is 0 Å². The highest BCUT2D eigenvalue weighted by Gasteiger charge is 2.79. The van der Waals surface area contributed by atoms with Crippen molar-refractivity contribution < 1.29 is 82.0 Å². The van der Waals surface area contributed by atoms with Gasteiger partial charge in [0.2, 0.25) is 0 Å². The molecule has 53 heavy (non-hydrogen) atoms. The highest BCUT2D eigenvalue weighted by molar-refractivity contribution is 5.74. The van der Waals surface area contributed by atoms with E-state index < -0.39 is 77.3 Å². The number of halogens is 12. The van der Waals surface area contributed by atoms with Gasteiger partial charge in [-0.05, 0) is 106 Å². The molecule has 11 unspecified atom stereocenters. The normalized spacial score (nSPS) is 34.6. The van der Waals surface area contributed by atoms with Crippen molar-refractivity contribution in [3.8, 4) is 0 Å². The molecule has 18 heteroatoms. The van der Waals surface area contributed by atoms with Crippen LogP contribution in [0.15, 0.2) is 0 Å². The van der Waals surface area contributed by atoms with Crippen LogP contribution < -0.4 is 0 Å². The van der Waals surface area contributed by atoms with Crippen LogP contribution in [0.5, 0.6) is 0 Å². The number of carbonyl (C=O) groups is 2. The second-order valence-corrected chi connectivity index (χ2v) is 16.7. The van der Waals surface area contributed by atoms with E-state index in [1.807, 2.05) is 27.7 Å². The summed E-state index contributed by atoms with van der Waals surface area (Å²) in [6, 6.07) is 0. The van der Waals surface area contributed by atoms with Gasteiger partial charge in [-0.2, -0.15) is 52.7 Å². The number of ether oxygens (including phenoxy) is 2. The first-order valence-electron chi connectivity index (χ1n) is 18.0. The Morgan fingerprint density at radius 3 is 1.28 bits per heavy atom. The Balaban J connectivity index is 0.000000238. The maximum Gasteiger partial charge on any atom is 0.430 e. The van der Waals surface area contributed by atoms with Gasteiger partial charge in [0.15, 0.2) is 11.7 Å². The molecule has 5 aliphatic carbocycles. The molecule has 5 aliphatic rings. The number of carbonyl (C=O) groups excluding carboxylic acids is 2. The average molecular weight is 793 g/mol. The third-order valence-electron chi connectivity index (χ3n) is 13.8. The van der Waals surface area contributed by atoms with Crippen LogP contribution in [0.25, 0.3) is 0 Å². The number of hydrogen-bond donors (Lipinski definition) is 2.